The molecular formula is C22H25F3N4O4. The van der Waals surface area contributed by atoms with Crippen molar-refractivity contribution in [1.29, 1.82) is 0 Å². The van der Waals surface area contributed by atoms with Crippen LogP contribution in [-0.4, -0.2) is 59.2 Å². The molecule has 4 rings (SSSR count). The molecule has 3 N–H and O–H groups in total. The number of allylic oxidation sites excluding steroid dienone is 1. The van der Waals surface area contributed by atoms with Gasteiger partial charge in [0.1, 0.15) is 17.1 Å². The molecule has 33 heavy (non-hydrogen) atoms. The lowest BCUT2D eigenvalue weighted by Gasteiger charge is -2.28. The summed E-state index contributed by atoms with van der Waals surface area (Å²) >= 11 is 0. The molecule has 0 atom stereocenters. The summed E-state index contributed by atoms with van der Waals surface area (Å²) < 4.78 is 39.0. The Morgan fingerprint density at radius 2 is 1.85 bits per heavy atom. The third kappa shape index (κ3) is 5.72. The van der Waals surface area contributed by atoms with E-state index in [-0.39, 0.29) is 5.97 Å². The Balaban J connectivity index is 0.000000383. The van der Waals surface area contributed by atoms with Crippen LogP contribution in [0.25, 0.3) is 17.0 Å². The number of rotatable bonds is 4. The number of ether oxygens (including phenoxy) is 1. The highest BCUT2D eigenvalue weighted by atomic mass is 19.4. The van der Waals surface area contributed by atoms with Gasteiger partial charge in [-0.1, -0.05) is 30.3 Å². The van der Waals surface area contributed by atoms with E-state index < -0.39 is 12.1 Å². The summed E-state index contributed by atoms with van der Waals surface area (Å²) in [5.41, 5.74) is 3.31. The van der Waals surface area contributed by atoms with E-state index in [2.05, 4.69) is 16.7 Å². The molecular weight excluding hydrogens is 441 g/mol. The van der Waals surface area contributed by atoms with Crippen LogP contribution in [0.1, 0.15) is 30.1 Å². The number of esters is 1. The summed E-state index contributed by atoms with van der Waals surface area (Å²) in [6.07, 6.45) is -0.721. The SMILES string of the molecule is CCOC(=O)c1c(-c2ccccc2)nn2c1NCC=C2C1CCNCC1.O=C(O)C(F)(F)F. The lowest BCUT2D eigenvalue weighted by atomic mass is 9.93. The minimum absolute atomic E-state index is 0.327. The Hall–Kier alpha value is -3.34. The third-order valence-electron chi connectivity index (χ3n) is 5.24. The normalized spacial score (nSPS) is 15.9. The number of hydrogen-bond donors (Lipinski definition) is 3. The number of fused-ring (bicyclic) bond motifs is 1. The standard InChI is InChI=1S/C20H24N4O2.C2HF3O2/c1-2-26-20(25)17-18(15-6-4-3-5-7-15)23-24-16(10-13-22-19(17)24)14-8-11-21-12-9-14;3-2(4,5)1(6)7/h3-7,10,14,21-22H,2,8-9,11-13H2,1H3;(H,6,7). The molecule has 1 aromatic heterocycles. The zero-order chi connectivity index (χ0) is 24.0. The van der Waals surface area contributed by atoms with Crippen LogP contribution in [-0.2, 0) is 9.53 Å². The molecule has 2 aliphatic rings. The fourth-order valence-corrected chi connectivity index (χ4v) is 3.76. The van der Waals surface area contributed by atoms with E-state index in [0.717, 1.165) is 37.3 Å². The molecule has 1 aromatic carbocycles. The van der Waals surface area contributed by atoms with Gasteiger partial charge < -0.3 is 20.5 Å². The second-order valence-electron chi connectivity index (χ2n) is 7.41. The molecule has 8 nitrogen and oxygen atoms in total. The third-order valence-corrected chi connectivity index (χ3v) is 5.24. The lowest BCUT2D eigenvalue weighted by molar-refractivity contribution is -0.192. The second kappa shape index (κ2) is 10.5. The molecule has 0 bridgehead atoms. The van der Waals surface area contributed by atoms with Crippen molar-refractivity contribution in [3.63, 3.8) is 0 Å². The van der Waals surface area contributed by atoms with Gasteiger partial charge in [0.25, 0.3) is 0 Å². The molecule has 11 heteroatoms. The number of carboxylic acid groups (broad SMARTS) is 1. The topological polar surface area (TPSA) is 105 Å². The van der Waals surface area contributed by atoms with Crippen LogP contribution in [0.5, 0.6) is 0 Å². The molecule has 1 fully saturated rings. The van der Waals surface area contributed by atoms with Crippen LogP contribution in [0.3, 0.4) is 0 Å². The zero-order valence-electron chi connectivity index (χ0n) is 18.0. The fraction of sp³-hybridized carbons (Fsp3) is 0.409. The average Bonchev–Trinajstić information content (AvgIpc) is 3.20. The quantitative estimate of drug-likeness (QED) is 0.591. The molecule has 3 heterocycles. The highest BCUT2D eigenvalue weighted by Crippen LogP contribution is 2.37. The van der Waals surface area contributed by atoms with Crippen LogP contribution in [0.15, 0.2) is 36.4 Å². The van der Waals surface area contributed by atoms with E-state index >= 15 is 0 Å². The van der Waals surface area contributed by atoms with Crippen molar-refractivity contribution in [1.82, 2.24) is 15.1 Å². The number of piperidine rings is 1. The fourth-order valence-electron chi connectivity index (χ4n) is 3.76. The minimum Gasteiger partial charge on any atom is -0.475 e. The first-order valence-corrected chi connectivity index (χ1v) is 10.5. The number of carbonyl (C=O) groups is 2. The number of nitrogens with zero attached hydrogens (tertiary/aromatic N) is 2. The smallest absolute Gasteiger partial charge is 0.475 e. The number of benzene rings is 1. The molecule has 0 spiro atoms. The number of carbonyl (C=O) groups excluding carboxylic acids is 1. The van der Waals surface area contributed by atoms with E-state index in [1.807, 2.05) is 41.9 Å². The highest BCUT2D eigenvalue weighted by molar-refractivity contribution is 6.02. The lowest BCUT2D eigenvalue weighted by Crippen LogP contribution is -2.31. The number of halogens is 3. The molecule has 0 aliphatic carbocycles. The minimum atomic E-state index is -5.08. The number of aliphatic carboxylic acids is 1. The van der Waals surface area contributed by atoms with Gasteiger partial charge in [-0.3, -0.25) is 0 Å². The summed E-state index contributed by atoms with van der Waals surface area (Å²) in [6, 6.07) is 9.83. The van der Waals surface area contributed by atoms with Crippen LogP contribution in [0.4, 0.5) is 19.0 Å². The zero-order valence-corrected chi connectivity index (χ0v) is 18.0. The number of aromatic nitrogens is 2. The van der Waals surface area contributed by atoms with Gasteiger partial charge in [0.2, 0.25) is 0 Å². The number of carboxylic acids is 1. The van der Waals surface area contributed by atoms with Gasteiger partial charge in [-0.05, 0) is 38.9 Å². The first-order valence-electron chi connectivity index (χ1n) is 10.5. The molecule has 0 saturated carbocycles. The number of hydrogen-bond acceptors (Lipinski definition) is 6. The molecule has 2 aromatic rings. The van der Waals surface area contributed by atoms with Crippen LogP contribution in [0.2, 0.25) is 0 Å². The molecule has 0 amide bonds. The first kappa shape index (κ1) is 24.3. The van der Waals surface area contributed by atoms with Gasteiger partial charge in [0.05, 0.1) is 6.61 Å². The summed E-state index contributed by atoms with van der Waals surface area (Å²) in [5.74, 6) is -1.88. The van der Waals surface area contributed by atoms with Gasteiger partial charge in [-0.2, -0.15) is 18.3 Å². The second-order valence-corrected chi connectivity index (χ2v) is 7.41. The van der Waals surface area contributed by atoms with Gasteiger partial charge >= 0.3 is 18.1 Å². The molecule has 0 radical (unpaired) electrons. The maximum Gasteiger partial charge on any atom is 0.490 e. The predicted octanol–water partition coefficient (Wildman–Crippen LogP) is 3.63. The van der Waals surface area contributed by atoms with E-state index in [1.54, 1.807) is 0 Å². The first-order chi connectivity index (χ1) is 15.7. The molecule has 1 saturated heterocycles. The molecule has 0 unspecified atom stereocenters. The van der Waals surface area contributed by atoms with Crippen molar-refractivity contribution in [2.75, 3.05) is 31.6 Å². The van der Waals surface area contributed by atoms with Crippen LogP contribution >= 0.6 is 0 Å². The maximum atomic E-state index is 12.7. The Kier molecular flexibility index (Phi) is 7.75. The predicted molar refractivity (Wildman–Crippen MR) is 116 cm³/mol. The van der Waals surface area contributed by atoms with Crippen molar-refractivity contribution < 1.29 is 32.6 Å². The number of alkyl halides is 3. The van der Waals surface area contributed by atoms with E-state index in [9.17, 15) is 18.0 Å². The summed E-state index contributed by atoms with van der Waals surface area (Å²) in [5, 5.41) is 18.7. The van der Waals surface area contributed by atoms with Crippen molar-refractivity contribution in [2.24, 2.45) is 5.92 Å². The van der Waals surface area contributed by atoms with E-state index in [0.29, 0.717) is 30.3 Å². The largest absolute Gasteiger partial charge is 0.490 e. The van der Waals surface area contributed by atoms with Gasteiger partial charge in [0.15, 0.2) is 0 Å². The van der Waals surface area contributed by atoms with Crippen LogP contribution in [0, 0.1) is 5.92 Å². The van der Waals surface area contributed by atoms with E-state index in [1.165, 1.54) is 5.70 Å². The summed E-state index contributed by atoms with van der Waals surface area (Å²) in [6.45, 7) is 4.90. The van der Waals surface area contributed by atoms with Gasteiger partial charge in [0, 0.05) is 23.7 Å². The number of nitrogens with one attached hydrogen (secondary N) is 2. The van der Waals surface area contributed by atoms with Crippen molar-refractivity contribution in [3.05, 3.63) is 42.0 Å². The van der Waals surface area contributed by atoms with Crippen molar-refractivity contribution in [3.8, 4) is 11.3 Å². The van der Waals surface area contributed by atoms with Gasteiger partial charge in [-0.25, -0.2) is 14.3 Å². The van der Waals surface area contributed by atoms with Gasteiger partial charge in [-0.15, -0.1) is 0 Å². The summed E-state index contributed by atoms with van der Waals surface area (Å²) in [7, 11) is 0. The average molecular weight is 466 g/mol. The molecule has 2 aliphatic heterocycles. The number of anilines is 1. The van der Waals surface area contributed by atoms with Crippen molar-refractivity contribution >= 4 is 23.5 Å². The Morgan fingerprint density at radius 1 is 1.21 bits per heavy atom. The Bertz CT molecular complexity index is 1010. The van der Waals surface area contributed by atoms with E-state index in [4.69, 9.17) is 19.7 Å². The Morgan fingerprint density at radius 3 is 2.42 bits per heavy atom. The summed E-state index contributed by atoms with van der Waals surface area (Å²) in [4.78, 5) is 21.6. The molecule has 178 valence electrons. The van der Waals surface area contributed by atoms with Crippen LogP contribution < -0.4 is 10.6 Å². The monoisotopic (exact) mass is 466 g/mol. The highest BCUT2D eigenvalue weighted by Gasteiger charge is 2.38. The van der Waals surface area contributed by atoms with Crippen molar-refractivity contribution in [2.45, 2.75) is 25.9 Å². The maximum absolute atomic E-state index is 12.7. The Labute approximate surface area is 188 Å².